The van der Waals surface area contributed by atoms with E-state index in [9.17, 15) is 4.79 Å². The third kappa shape index (κ3) is 2.66. The van der Waals surface area contributed by atoms with Crippen LogP contribution in [0.25, 0.3) is 11.7 Å². The smallest absolute Gasteiger partial charge is 0.246 e. The van der Waals surface area contributed by atoms with Crippen molar-refractivity contribution in [3.63, 3.8) is 0 Å². The molecule has 4 heterocycles. The SMILES string of the molecule is Cc1cc2ncc3c(n2n1)CCN(C(=O)C=Cc1cccs1)C3. The van der Waals surface area contributed by atoms with Gasteiger partial charge in [0.2, 0.25) is 5.91 Å². The topological polar surface area (TPSA) is 50.5 Å². The van der Waals surface area contributed by atoms with Crippen LogP contribution in [-0.4, -0.2) is 31.9 Å². The van der Waals surface area contributed by atoms with Gasteiger partial charge >= 0.3 is 0 Å². The number of amides is 1. The van der Waals surface area contributed by atoms with Gasteiger partial charge in [0.25, 0.3) is 0 Å². The van der Waals surface area contributed by atoms with Crippen molar-refractivity contribution in [1.82, 2.24) is 19.5 Å². The van der Waals surface area contributed by atoms with Gasteiger partial charge in [-0.25, -0.2) is 9.50 Å². The Bertz CT molecular complexity index is 895. The summed E-state index contributed by atoms with van der Waals surface area (Å²) < 4.78 is 1.91. The van der Waals surface area contributed by atoms with Crippen LogP contribution < -0.4 is 0 Å². The predicted molar refractivity (Wildman–Crippen MR) is 90.2 cm³/mol. The van der Waals surface area contributed by atoms with Gasteiger partial charge in [0.15, 0.2) is 5.65 Å². The van der Waals surface area contributed by atoms with E-state index >= 15 is 0 Å². The van der Waals surface area contributed by atoms with E-state index in [1.165, 1.54) is 0 Å². The van der Waals surface area contributed by atoms with Crippen LogP contribution in [0.5, 0.6) is 0 Å². The zero-order valence-electron chi connectivity index (χ0n) is 12.8. The molecule has 0 N–H and O–H groups in total. The maximum Gasteiger partial charge on any atom is 0.246 e. The molecule has 23 heavy (non-hydrogen) atoms. The second kappa shape index (κ2) is 5.62. The van der Waals surface area contributed by atoms with Gasteiger partial charge in [-0.05, 0) is 24.4 Å². The molecule has 0 saturated heterocycles. The van der Waals surface area contributed by atoms with E-state index in [-0.39, 0.29) is 5.91 Å². The molecular weight excluding hydrogens is 308 g/mol. The van der Waals surface area contributed by atoms with Gasteiger partial charge in [-0.1, -0.05) is 6.07 Å². The zero-order valence-corrected chi connectivity index (χ0v) is 13.6. The number of hydrogen-bond donors (Lipinski definition) is 0. The molecule has 4 rings (SSSR count). The monoisotopic (exact) mass is 324 g/mol. The van der Waals surface area contributed by atoms with Gasteiger partial charge in [-0.3, -0.25) is 4.79 Å². The molecule has 0 aromatic carbocycles. The molecule has 0 fully saturated rings. The number of rotatable bonds is 2. The molecule has 0 radical (unpaired) electrons. The lowest BCUT2D eigenvalue weighted by molar-refractivity contribution is -0.126. The van der Waals surface area contributed by atoms with E-state index in [1.807, 2.05) is 52.2 Å². The quantitative estimate of drug-likeness (QED) is 0.681. The first-order valence-corrected chi connectivity index (χ1v) is 8.42. The Hall–Kier alpha value is -2.47. The highest BCUT2D eigenvalue weighted by molar-refractivity contribution is 7.10. The predicted octanol–water partition coefficient (Wildman–Crippen LogP) is 2.70. The Kier molecular flexibility index (Phi) is 3.46. The summed E-state index contributed by atoms with van der Waals surface area (Å²) in [6, 6.07) is 5.96. The van der Waals surface area contributed by atoms with Crippen LogP contribution in [0.15, 0.2) is 35.9 Å². The fraction of sp³-hybridized carbons (Fsp3) is 0.235. The van der Waals surface area contributed by atoms with Crippen LogP contribution in [0.4, 0.5) is 0 Å². The van der Waals surface area contributed by atoms with Crippen LogP contribution in [-0.2, 0) is 17.8 Å². The van der Waals surface area contributed by atoms with Crippen molar-refractivity contribution in [2.45, 2.75) is 19.9 Å². The van der Waals surface area contributed by atoms with Gasteiger partial charge in [-0.15, -0.1) is 11.3 Å². The molecule has 0 bridgehead atoms. The van der Waals surface area contributed by atoms with Gasteiger partial charge in [0, 0.05) is 48.3 Å². The lowest BCUT2D eigenvalue weighted by Crippen LogP contribution is -2.36. The Balaban J connectivity index is 1.56. The van der Waals surface area contributed by atoms with Crippen molar-refractivity contribution in [1.29, 1.82) is 0 Å². The maximum atomic E-state index is 12.4. The van der Waals surface area contributed by atoms with E-state index in [2.05, 4.69) is 10.1 Å². The molecule has 3 aromatic heterocycles. The lowest BCUT2D eigenvalue weighted by Gasteiger charge is -2.27. The number of carbonyl (C=O) groups excluding carboxylic acids is 1. The molecule has 0 atom stereocenters. The van der Waals surface area contributed by atoms with Crippen LogP contribution in [0.3, 0.4) is 0 Å². The average Bonchev–Trinajstić information content (AvgIpc) is 3.20. The van der Waals surface area contributed by atoms with E-state index in [1.54, 1.807) is 17.4 Å². The van der Waals surface area contributed by atoms with Crippen molar-refractivity contribution in [2.75, 3.05) is 6.54 Å². The van der Waals surface area contributed by atoms with E-state index in [0.29, 0.717) is 13.1 Å². The largest absolute Gasteiger partial charge is 0.334 e. The minimum Gasteiger partial charge on any atom is -0.334 e. The fourth-order valence-corrected chi connectivity index (χ4v) is 3.51. The summed E-state index contributed by atoms with van der Waals surface area (Å²) in [6.45, 7) is 3.26. The summed E-state index contributed by atoms with van der Waals surface area (Å²) in [5, 5.41) is 6.51. The molecule has 0 aliphatic carbocycles. The first kappa shape index (κ1) is 14.1. The molecule has 0 unspecified atom stereocenters. The average molecular weight is 324 g/mol. The molecule has 1 aliphatic heterocycles. The summed E-state index contributed by atoms with van der Waals surface area (Å²) in [7, 11) is 0. The molecular formula is C17H16N4OS. The molecule has 6 heteroatoms. The summed E-state index contributed by atoms with van der Waals surface area (Å²) in [5.74, 6) is 0.0424. The minimum absolute atomic E-state index is 0.0424. The Morgan fingerprint density at radius 1 is 1.43 bits per heavy atom. The van der Waals surface area contributed by atoms with Crippen molar-refractivity contribution >= 4 is 29.0 Å². The molecule has 1 aliphatic rings. The number of aryl methyl sites for hydroxylation is 1. The summed E-state index contributed by atoms with van der Waals surface area (Å²) in [4.78, 5) is 19.8. The van der Waals surface area contributed by atoms with Crippen molar-refractivity contribution in [2.24, 2.45) is 0 Å². The van der Waals surface area contributed by atoms with Crippen LogP contribution in [0.1, 0.15) is 21.8 Å². The van der Waals surface area contributed by atoms with Gasteiger partial charge < -0.3 is 4.90 Å². The van der Waals surface area contributed by atoms with Gasteiger partial charge in [0.1, 0.15) is 0 Å². The number of hydrogen-bond acceptors (Lipinski definition) is 4. The standard InChI is InChI=1S/C17H16N4OS/c1-12-9-16-18-10-13-11-20(7-6-15(13)21(16)19-12)17(22)5-4-14-3-2-8-23-14/h2-5,8-10H,6-7,11H2,1H3. The van der Waals surface area contributed by atoms with Gasteiger partial charge in [0.05, 0.1) is 11.4 Å². The molecule has 0 saturated carbocycles. The first-order chi connectivity index (χ1) is 11.2. The number of nitrogens with zero attached hydrogens (tertiary/aromatic N) is 4. The second-order valence-corrected chi connectivity index (χ2v) is 6.62. The third-order valence-electron chi connectivity index (χ3n) is 4.02. The third-order valence-corrected chi connectivity index (χ3v) is 4.85. The van der Waals surface area contributed by atoms with Crippen molar-refractivity contribution < 1.29 is 4.79 Å². The molecule has 0 spiro atoms. The number of thiophene rings is 1. The fourth-order valence-electron chi connectivity index (χ4n) is 2.89. The second-order valence-electron chi connectivity index (χ2n) is 5.64. The summed E-state index contributed by atoms with van der Waals surface area (Å²) in [6.07, 6.45) is 6.20. The minimum atomic E-state index is 0.0424. The highest BCUT2D eigenvalue weighted by atomic mass is 32.1. The van der Waals surface area contributed by atoms with Crippen LogP contribution in [0, 0.1) is 6.92 Å². The maximum absolute atomic E-state index is 12.4. The number of fused-ring (bicyclic) bond motifs is 3. The molecule has 1 amide bonds. The zero-order chi connectivity index (χ0) is 15.8. The Morgan fingerprint density at radius 2 is 2.35 bits per heavy atom. The summed E-state index contributed by atoms with van der Waals surface area (Å²) in [5.41, 5.74) is 4.07. The van der Waals surface area contributed by atoms with E-state index in [0.717, 1.165) is 33.9 Å². The first-order valence-electron chi connectivity index (χ1n) is 7.54. The molecule has 116 valence electrons. The summed E-state index contributed by atoms with van der Waals surface area (Å²) >= 11 is 1.62. The van der Waals surface area contributed by atoms with Gasteiger partial charge in [-0.2, -0.15) is 5.10 Å². The molecule has 3 aromatic rings. The number of carbonyl (C=O) groups is 1. The van der Waals surface area contributed by atoms with Crippen molar-refractivity contribution in [3.05, 3.63) is 57.7 Å². The highest BCUT2D eigenvalue weighted by Crippen LogP contribution is 2.20. The molecule has 5 nitrogen and oxygen atoms in total. The Labute approximate surface area is 137 Å². The van der Waals surface area contributed by atoms with E-state index in [4.69, 9.17) is 0 Å². The van der Waals surface area contributed by atoms with E-state index < -0.39 is 0 Å². The van der Waals surface area contributed by atoms with Crippen molar-refractivity contribution in [3.8, 4) is 0 Å². The normalized spacial score (nSPS) is 14.6. The van der Waals surface area contributed by atoms with Crippen LogP contribution >= 0.6 is 11.3 Å². The highest BCUT2D eigenvalue weighted by Gasteiger charge is 2.22. The lowest BCUT2D eigenvalue weighted by atomic mass is 10.1. The number of aromatic nitrogens is 3. The van der Waals surface area contributed by atoms with Crippen LogP contribution in [0.2, 0.25) is 0 Å². The Morgan fingerprint density at radius 3 is 3.17 bits per heavy atom.